The number of fused-ring (bicyclic) bond motifs is 1. The molecule has 2 N–H and O–H groups in total. The predicted molar refractivity (Wildman–Crippen MR) is 105 cm³/mol. The van der Waals surface area contributed by atoms with Crippen LogP contribution in [0.1, 0.15) is 26.3 Å². The molecule has 3 rings (SSSR count). The summed E-state index contributed by atoms with van der Waals surface area (Å²) in [6, 6.07) is 11.0. The van der Waals surface area contributed by atoms with Crippen LogP contribution in [-0.4, -0.2) is 24.2 Å². The van der Waals surface area contributed by atoms with Gasteiger partial charge in [0.15, 0.2) is 0 Å². The van der Waals surface area contributed by atoms with E-state index in [4.69, 9.17) is 9.47 Å². The maximum atomic E-state index is 13.7. The van der Waals surface area contributed by atoms with E-state index < -0.39 is 23.4 Å². The Morgan fingerprint density at radius 1 is 1.07 bits per heavy atom. The van der Waals surface area contributed by atoms with Crippen molar-refractivity contribution in [3.63, 3.8) is 0 Å². The van der Waals surface area contributed by atoms with Crippen molar-refractivity contribution in [3.8, 4) is 5.75 Å². The van der Waals surface area contributed by atoms with Crippen LogP contribution >= 0.6 is 0 Å². The highest BCUT2D eigenvalue weighted by molar-refractivity contribution is 6.09. The van der Waals surface area contributed by atoms with Crippen LogP contribution in [0.4, 0.5) is 20.6 Å². The molecule has 1 aliphatic heterocycles. The van der Waals surface area contributed by atoms with Crippen molar-refractivity contribution in [2.24, 2.45) is 0 Å². The van der Waals surface area contributed by atoms with Crippen molar-refractivity contribution in [3.05, 3.63) is 59.4 Å². The fourth-order valence-electron chi connectivity index (χ4n) is 2.59. The van der Waals surface area contributed by atoms with E-state index >= 15 is 0 Å². The molecule has 1 heterocycles. The Balaban J connectivity index is 1.78. The van der Waals surface area contributed by atoms with Gasteiger partial charge in [-0.25, -0.2) is 9.18 Å². The quantitative estimate of drug-likeness (QED) is 0.812. The van der Waals surface area contributed by atoms with Crippen molar-refractivity contribution in [2.75, 3.05) is 17.2 Å². The number of nitrogens with one attached hydrogen (secondary N) is 2. The van der Waals surface area contributed by atoms with Crippen LogP contribution in [0.2, 0.25) is 0 Å². The van der Waals surface area contributed by atoms with E-state index in [2.05, 4.69) is 10.6 Å². The lowest BCUT2D eigenvalue weighted by Gasteiger charge is -2.21. The van der Waals surface area contributed by atoms with Gasteiger partial charge in [0, 0.05) is 5.56 Å². The van der Waals surface area contributed by atoms with E-state index in [1.165, 1.54) is 12.1 Å². The number of ether oxygens (including phenoxy) is 2. The number of hydrogen-bond acceptors (Lipinski definition) is 4. The third kappa shape index (κ3) is 4.88. The summed E-state index contributed by atoms with van der Waals surface area (Å²) in [5.41, 5.74) is 0.819. The van der Waals surface area contributed by atoms with Gasteiger partial charge in [-0.3, -0.25) is 10.1 Å². The third-order valence-electron chi connectivity index (χ3n) is 3.79. The van der Waals surface area contributed by atoms with Crippen molar-refractivity contribution in [1.82, 2.24) is 0 Å². The molecule has 28 heavy (non-hydrogen) atoms. The van der Waals surface area contributed by atoms with E-state index in [9.17, 15) is 14.0 Å². The Labute approximate surface area is 162 Å². The first-order valence-corrected chi connectivity index (χ1v) is 8.74. The molecule has 146 valence electrons. The average Bonchev–Trinajstić information content (AvgIpc) is 2.62. The molecule has 1 aliphatic rings. The van der Waals surface area contributed by atoms with Crippen LogP contribution in [0.3, 0.4) is 0 Å². The highest BCUT2D eigenvalue weighted by atomic mass is 19.1. The van der Waals surface area contributed by atoms with Crippen LogP contribution in [0.25, 0.3) is 6.08 Å². The lowest BCUT2D eigenvalue weighted by molar-refractivity contribution is -0.113. The van der Waals surface area contributed by atoms with Crippen molar-refractivity contribution in [2.45, 2.75) is 26.4 Å². The number of benzene rings is 2. The Hall–Kier alpha value is -3.35. The van der Waals surface area contributed by atoms with Gasteiger partial charge < -0.3 is 14.8 Å². The van der Waals surface area contributed by atoms with Gasteiger partial charge in [-0.15, -0.1) is 0 Å². The van der Waals surface area contributed by atoms with Crippen molar-refractivity contribution < 1.29 is 23.5 Å². The SMILES string of the molecule is CC(C)(C)OC(=O)Nc1ccc(F)cc1NC(=O)C1=Cc2ccccc2OC1. The monoisotopic (exact) mass is 384 g/mol. The second-order valence-electron chi connectivity index (χ2n) is 7.27. The molecule has 2 aromatic rings. The van der Waals surface area contributed by atoms with E-state index in [1.807, 2.05) is 24.3 Å². The lowest BCUT2D eigenvalue weighted by Crippen LogP contribution is -2.28. The summed E-state index contributed by atoms with van der Waals surface area (Å²) < 4.78 is 24.5. The molecule has 2 amide bonds. The minimum atomic E-state index is -0.705. The minimum absolute atomic E-state index is 0.0903. The fourth-order valence-corrected chi connectivity index (χ4v) is 2.59. The standard InChI is InChI=1S/C21H21FN2O4/c1-21(2,3)28-20(26)24-16-9-8-15(22)11-17(16)23-19(25)14-10-13-6-4-5-7-18(13)27-12-14/h4-11H,12H2,1-3H3,(H,23,25)(H,24,26). The predicted octanol–water partition coefficient (Wildman–Crippen LogP) is 4.59. The first kappa shape index (κ1) is 19.4. The molecule has 2 aromatic carbocycles. The summed E-state index contributed by atoms with van der Waals surface area (Å²) in [4.78, 5) is 24.6. The number of hydrogen-bond donors (Lipinski definition) is 2. The molecule has 0 aliphatic carbocycles. The first-order chi connectivity index (χ1) is 13.2. The van der Waals surface area contributed by atoms with Gasteiger partial charge in [0.05, 0.1) is 16.9 Å². The van der Waals surface area contributed by atoms with Crippen molar-refractivity contribution in [1.29, 1.82) is 0 Å². The van der Waals surface area contributed by atoms with Gasteiger partial charge in [-0.2, -0.15) is 0 Å². The van der Waals surface area contributed by atoms with E-state index in [1.54, 1.807) is 26.8 Å². The van der Waals surface area contributed by atoms with Crippen LogP contribution < -0.4 is 15.4 Å². The number of rotatable bonds is 3. The minimum Gasteiger partial charge on any atom is -0.488 e. The smallest absolute Gasteiger partial charge is 0.412 e. The molecule has 0 unspecified atom stereocenters. The molecule has 0 spiro atoms. The average molecular weight is 384 g/mol. The summed E-state index contributed by atoms with van der Waals surface area (Å²) in [6.45, 7) is 5.28. The highest BCUT2D eigenvalue weighted by Gasteiger charge is 2.20. The van der Waals surface area contributed by atoms with E-state index in [0.29, 0.717) is 11.3 Å². The zero-order valence-corrected chi connectivity index (χ0v) is 15.8. The number of halogens is 1. The first-order valence-electron chi connectivity index (χ1n) is 8.74. The molecule has 0 radical (unpaired) electrons. The van der Waals surface area contributed by atoms with Gasteiger partial charge in [-0.05, 0) is 51.1 Å². The van der Waals surface area contributed by atoms with Gasteiger partial charge in [0.25, 0.3) is 5.91 Å². The molecule has 0 aromatic heterocycles. The number of carbonyl (C=O) groups excluding carboxylic acids is 2. The second-order valence-corrected chi connectivity index (χ2v) is 7.27. The molecular weight excluding hydrogens is 363 g/mol. The largest absolute Gasteiger partial charge is 0.488 e. The Morgan fingerprint density at radius 2 is 1.82 bits per heavy atom. The van der Waals surface area contributed by atoms with Gasteiger partial charge in [0.1, 0.15) is 23.8 Å². The molecule has 0 saturated carbocycles. The molecule has 6 nitrogen and oxygen atoms in total. The lowest BCUT2D eigenvalue weighted by atomic mass is 10.1. The van der Waals surface area contributed by atoms with Gasteiger partial charge in [0.2, 0.25) is 0 Å². The van der Waals surface area contributed by atoms with Gasteiger partial charge in [-0.1, -0.05) is 18.2 Å². The van der Waals surface area contributed by atoms with E-state index in [0.717, 1.165) is 11.6 Å². The maximum Gasteiger partial charge on any atom is 0.412 e. The Bertz CT molecular complexity index is 948. The number of anilines is 2. The van der Waals surface area contributed by atoms with Gasteiger partial charge >= 0.3 is 6.09 Å². The Morgan fingerprint density at radius 3 is 2.57 bits per heavy atom. The fraction of sp³-hybridized carbons (Fsp3) is 0.238. The molecule has 0 bridgehead atoms. The summed E-state index contributed by atoms with van der Waals surface area (Å²) >= 11 is 0. The number of amides is 2. The summed E-state index contributed by atoms with van der Waals surface area (Å²) in [7, 11) is 0. The molecular formula is C21H21FN2O4. The topological polar surface area (TPSA) is 76.7 Å². The number of para-hydroxylation sites is 1. The van der Waals surface area contributed by atoms with Crippen LogP contribution in [0.15, 0.2) is 48.0 Å². The molecule has 0 fully saturated rings. The normalized spacial score (nSPS) is 12.9. The molecule has 0 saturated heterocycles. The van der Waals surface area contributed by atoms with Crippen LogP contribution in [-0.2, 0) is 9.53 Å². The Kier molecular flexibility index (Phi) is 5.35. The van der Waals surface area contributed by atoms with Crippen LogP contribution in [0, 0.1) is 5.82 Å². The third-order valence-corrected chi connectivity index (χ3v) is 3.79. The highest BCUT2D eigenvalue weighted by Crippen LogP contribution is 2.28. The van der Waals surface area contributed by atoms with Crippen LogP contribution in [0.5, 0.6) is 5.75 Å². The molecule has 7 heteroatoms. The molecule has 0 atom stereocenters. The van der Waals surface area contributed by atoms with E-state index in [-0.39, 0.29) is 18.0 Å². The maximum absolute atomic E-state index is 13.7. The second kappa shape index (κ2) is 7.72. The number of carbonyl (C=O) groups is 2. The van der Waals surface area contributed by atoms with Crippen molar-refractivity contribution >= 4 is 29.5 Å². The zero-order chi connectivity index (χ0) is 20.3. The summed E-state index contributed by atoms with van der Waals surface area (Å²) in [5, 5.41) is 5.15. The zero-order valence-electron chi connectivity index (χ0n) is 15.8. The summed E-state index contributed by atoms with van der Waals surface area (Å²) in [5.74, 6) is -0.311. The summed E-state index contributed by atoms with van der Waals surface area (Å²) in [6.07, 6.45) is 1.01.